The molecule has 1 aromatic carbocycles. The lowest BCUT2D eigenvalue weighted by Gasteiger charge is -2.23. The molecule has 2 rings (SSSR count). The molecule has 0 radical (unpaired) electrons. The lowest BCUT2D eigenvalue weighted by molar-refractivity contribution is -0.137. The fourth-order valence-electron chi connectivity index (χ4n) is 2.07. The maximum Gasteiger partial charge on any atom is 0.416 e. The Morgan fingerprint density at radius 1 is 1.35 bits per heavy atom. The van der Waals surface area contributed by atoms with Gasteiger partial charge in [-0.2, -0.15) is 13.2 Å². The van der Waals surface area contributed by atoms with Crippen molar-refractivity contribution in [3.63, 3.8) is 0 Å². The van der Waals surface area contributed by atoms with Crippen molar-refractivity contribution in [3.05, 3.63) is 52.0 Å². The van der Waals surface area contributed by atoms with Gasteiger partial charge >= 0.3 is 6.18 Å². The molecule has 8 heteroatoms. The van der Waals surface area contributed by atoms with Gasteiger partial charge in [0.05, 0.1) is 23.2 Å². The van der Waals surface area contributed by atoms with Gasteiger partial charge in [-0.1, -0.05) is 19.1 Å². The van der Waals surface area contributed by atoms with Crippen LogP contribution >= 0.6 is 11.3 Å². The number of benzene rings is 1. The number of aromatic nitrogens is 1. The third-order valence-electron chi connectivity index (χ3n) is 3.38. The van der Waals surface area contributed by atoms with Crippen LogP contribution in [0.25, 0.3) is 0 Å². The molecule has 2 N–H and O–H groups in total. The summed E-state index contributed by atoms with van der Waals surface area (Å²) >= 11 is 1.27. The zero-order valence-corrected chi connectivity index (χ0v) is 13.0. The molecule has 0 saturated carbocycles. The number of hydrogen-bond acceptors (Lipinski definition) is 4. The van der Waals surface area contributed by atoms with Crippen molar-refractivity contribution in [1.29, 1.82) is 0 Å². The predicted octanol–water partition coefficient (Wildman–Crippen LogP) is 3.40. The van der Waals surface area contributed by atoms with Crippen molar-refractivity contribution in [3.8, 4) is 0 Å². The van der Waals surface area contributed by atoms with Crippen LogP contribution in [0.1, 0.15) is 41.1 Å². The highest BCUT2D eigenvalue weighted by Gasteiger charge is 2.30. The minimum atomic E-state index is -4.42. The van der Waals surface area contributed by atoms with Crippen molar-refractivity contribution in [2.75, 3.05) is 0 Å². The second kappa shape index (κ2) is 7.10. The largest absolute Gasteiger partial charge is 0.416 e. The molecule has 1 heterocycles. The molecule has 0 saturated heterocycles. The van der Waals surface area contributed by atoms with E-state index in [9.17, 15) is 23.1 Å². The summed E-state index contributed by atoms with van der Waals surface area (Å²) in [4.78, 5) is 15.8. The van der Waals surface area contributed by atoms with Crippen LogP contribution in [0.2, 0.25) is 0 Å². The van der Waals surface area contributed by atoms with Crippen LogP contribution in [0, 0.1) is 0 Å². The monoisotopic (exact) mass is 344 g/mol. The molecule has 0 aliphatic rings. The smallest absolute Gasteiger partial charge is 0.386 e. The molecular weight excluding hydrogens is 329 g/mol. The molecule has 0 spiro atoms. The minimum absolute atomic E-state index is 0.244. The Bertz CT molecular complexity index is 642. The van der Waals surface area contributed by atoms with Crippen molar-refractivity contribution in [1.82, 2.24) is 10.3 Å². The summed E-state index contributed by atoms with van der Waals surface area (Å²) in [5.74, 6) is -0.427. The molecule has 2 aromatic rings. The lowest BCUT2D eigenvalue weighted by atomic mass is 9.99. The standard InChI is InChI=1S/C15H15F3N2O2S/c1-2-11(20-14(22)12-7-23-8-19-12)13(21)9-3-5-10(6-4-9)15(16,17)18/h3-8,11,13,21H,2H2,1H3,(H,20,22). The predicted molar refractivity (Wildman–Crippen MR) is 80.1 cm³/mol. The molecule has 23 heavy (non-hydrogen) atoms. The molecule has 0 aliphatic carbocycles. The molecular formula is C15H15F3N2O2S. The Morgan fingerprint density at radius 3 is 2.48 bits per heavy atom. The zero-order chi connectivity index (χ0) is 17.0. The van der Waals surface area contributed by atoms with Gasteiger partial charge in [-0.15, -0.1) is 11.3 Å². The second-order valence-electron chi connectivity index (χ2n) is 4.93. The van der Waals surface area contributed by atoms with Gasteiger partial charge in [0, 0.05) is 5.38 Å². The van der Waals surface area contributed by atoms with E-state index >= 15 is 0 Å². The van der Waals surface area contributed by atoms with Crippen LogP contribution in [0.5, 0.6) is 0 Å². The summed E-state index contributed by atoms with van der Waals surface area (Å²) < 4.78 is 37.6. The summed E-state index contributed by atoms with van der Waals surface area (Å²) in [6.07, 6.45) is -5.12. The number of rotatable bonds is 5. The first-order valence-corrected chi connectivity index (χ1v) is 7.81. The number of halogens is 3. The quantitative estimate of drug-likeness (QED) is 0.874. The second-order valence-corrected chi connectivity index (χ2v) is 5.65. The first-order chi connectivity index (χ1) is 10.8. The molecule has 2 atom stereocenters. The Morgan fingerprint density at radius 2 is 2.00 bits per heavy atom. The third kappa shape index (κ3) is 4.29. The maximum atomic E-state index is 12.5. The average molecular weight is 344 g/mol. The summed E-state index contributed by atoms with van der Waals surface area (Å²) in [6.45, 7) is 1.76. The van der Waals surface area contributed by atoms with E-state index in [0.29, 0.717) is 12.0 Å². The Balaban J connectivity index is 2.10. The van der Waals surface area contributed by atoms with E-state index in [1.807, 2.05) is 0 Å². The van der Waals surface area contributed by atoms with Gasteiger partial charge < -0.3 is 10.4 Å². The van der Waals surface area contributed by atoms with Crippen molar-refractivity contribution >= 4 is 17.2 Å². The molecule has 0 fully saturated rings. The fourth-order valence-corrected chi connectivity index (χ4v) is 2.60. The molecule has 2 unspecified atom stereocenters. The molecule has 4 nitrogen and oxygen atoms in total. The lowest BCUT2D eigenvalue weighted by Crippen LogP contribution is -2.39. The number of aliphatic hydroxyl groups excluding tert-OH is 1. The summed E-state index contributed by atoms with van der Waals surface area (Å²) in [5, 5.41) is 14.5. The number of carbonyl (C=O) groups excluding carboxylic acids is 1. The number of alkyl halides is 3. The van der Waals surface area contributed by atoms with E-state index in [2.05, 4.69) is 10.3 Å². The average Bonchev–Trinajstić information content (AvgIpc) is 3.05. The number of nitrogens with one attached hydrogen (secondary N) is 1. The van der Waals surface area contributed by atoms with E-state index < -0.39 is 29.8 Å². The van der Waals surface area contributed by atoms with Gasteiger partial charge in [-0.3, -0.25) is 4.79 Å². The number of amides is 1. The van der Waals surface area contributed by atoms with Crippen molar-refractivity contribution in [2.24, 2.45) is 0 Å². The van der Waals surface area contributed by atoms with Crippen LogP contribution in [0.15, 0.2) is 35.2 Å². The van der Waals surface area contributed by atoms with Gasteiger partial charge in [-0.05, 0) is 24.1 Å². The number of carbonyl (C=O) groups is 1. The van der Waals surface area contributed by atoms with Gasteiger partial charge in [0.25, 0.3) is 5.91 Å². The van der Waals surface area contributed by atoms with E-state index in [1.54, 1.807) is 12.3 Å². The van der Waals surface area contributed by atoms with Crippen LogP contribution in [0.4, 0.5) is 13.2 Å². The topological polar surface area (TPSA) is 62.2 Å². The minimum Gasteiger partial charge on any atom is -0.386 e. The highest BCUT2D eigenvalue weighted by atomic mass is 32.1. The van der Waals surface area contributed by atoms with Gasteiger partial charge in [0.1, 0.15) is 5.69 Å². The number of nitrogens with zero attached hydrogens (tertiary/aromatic N) is 1. The van der Waals surface area contributed by atoms with Crippen LogP contribution < -0.4 is 5.32 Å². The van der Waals surface area contributed by atoms with Gasteiger partial charge in [0.2, 0.25) is 0 Å². The first kappa shape index (κ1) is 17.4. The Labute approximate surface area is 135 Å². The van der Waals surface area contributed by atoms with Gasteiger partial charge in [-0.25, -0.2) is 4.98 Å². The molecule has 0 bridgehead atoms. The normalized spacial score (nSPS) is 14.3. The SMILES string of the molecule is CCC(NC(=O)c1cscn1)C(O)c1ccc(C(F)(F)F)cc1. The van der Waals surface area contributed by atoms with Crippen molar-refractivity contribution in [2.45, 2.75) is 31.7 Å². The van der Waals surface area contributed by atoms with Crippen LogP contribution in [0.3, 0.4) is 0 Å². The van der Waals surface area contributed by atoms with Crippen LogP contribution in [-0.2, 0) is 6.18 Å². The van der Waals surface area contributed by atoms with E-state index in [0.717, 1.165) is 12.1 Å². The third-order valence-corrected chi connectivity index (χ3v) is 3.97. The Kier molecular flexibility index (Phi) is 5.38. The van der Waals surface area contributed by atoms with E-state index in [-0.39, 0.29) is 5.69 Å². The molecule has 0 aliphatic heterocycles. The molecule has 1 amide bonds. The molecule has 1 aromatic heterocycles. The fraction of sp³-hybridized carbons (Fsp3) is 0.333. The van der Waals surface area contributed by atoms with E-state index in [1.165, 1.54) is 29.0 Å². The van der Waals surface area contributed by atoms with Gasteiger partial charge in [0.15, 0.2) is 0 Å². The molecule has 124 valence electrons. The first-order valence-electron chi connectivity index (χ1n) is 6.87. The highest BCUT2D eigenvalue weighted by molar-refractivity contribution is 7.07. The number of thiazole rings is 1. The summed E-state index contributed by atoms with van der Waals surface area (Å²) in [7, 11) is 0. The highest BCUT2D eigenvalue weighted by Crippen LogP contribution is 2.30. The van der Waals surface area contributed by atoms with Crippen LogP contribution in [-0.4, -0.2) is 22.0 Å². The maximum absolute atomic E-state index is 12.5. The summed E-state index contributed by atoms with van der Waals surface area (Å²) in [5.41, 5.74) is 1.28. The van der Waals surface area contributed by atoms with E-state index in [4.69, 9.17) is 0 Å². The van der Waals surface area contributed by atoms with Crippen molar-refractivity contribution < 1.29 is 23.1 Å². The zero-order valence-electron chi connectivity index (χ0n) is 12.2. The summed E-state index contributed by atoms with van der Waals surface area (Å²) in [6, 6.07) is 3.62. The number of hydrogen-bond donors (Lipinski definition) is 2. The Hall–Kier alpha value is -1.93. The number of aliphatic hydroxyl groups is 1.